The number of carbonyl (C=O) groups excluding carboxylic acids is 1. The first kappa shape index (κ1) is 19.9. The zero-order chi connectivity index (χ0) is 21.1. The number of hydrogen-bond donors (Lipinski definition) is 0. The van der Waals surface area contributed by atoms with Crippen LogP contribution in [0, 0.1) is 0 Å². The summed E-state index contributed by atoms with van der Waals surface area (Å²) in [5.74, 6) is 1.55. The van der Waals surface area contributed by atoms with Gasteiger partial charge in [0.15, 0.2) is 5.82 Å². The van der Waals surface area contributed by atoms with Crippen LogP contribution in [-0.2, 0) is 0 Å². The van der Waals surface area contributed by atoms with Crippen molar-refractivity contribution in [3.63, 3.8) is 0 Å². The average Bonchev–Trinajstić information content (AvgIpc) is 3.29. The number of methoxy groups -OCH3 is 1. The lowest BCUT2D eigenvalue weighted by atomic mass is 10.1. The highest BCUT2D eigenvalue weighted by Gasteiger charge is 2.23. The first-order chi connectivity index (χ1) is 14.6. The highest BCUT2D eigenvalue weighted by atomic mass is 16.5. The van der Waals surface area contributed by atoms with Crippen molar-refractivity contribution < 1.29 is 9.53 Å². The van der Waals surface area contributed by atoms with Crippen molar-refractivity contribution >= 4 is 11.6 Å². The van der Waals surface area contributed by atoms with Gasteiger partial charge >= 0.3 is 0 Å². The number of nitrogens with zero attached hydrogens (tertiary/aromatic N) is 6. The predicted molar refractivity (Wildman–Crippen MR) is 115 cm³/mol. The third kappa shape index (κ3) is 3.98. The van der Waals surface area contributed by atoms with E-state index in [9.17, 15) is 4.79 Å². The number of aromatic nitrogens is 4. The molecule has 156 valence electrons. The standard InChI is InChI=1S/C22H26N6O2/c1-16(2)28-21(23-24-25-28)17-5-4-6-18(15-17)22(29)27-13-11-26(12-14-27)19-7-9-20(30-3)10-8-19/h4-10,15-16H,11-14H2,1-3H3. The van der Waals surface area contributed by atoms with Gasteiger partial charge in [-0.1, -0.05) is 12.1 Å². The van der Waals surface area contributed by atoms with Crippen molar-refractivity contribution in [3.05, 3.63) is 54.1 Å². The van der Waals surface area contributed by atoms with Gasteiger partial charge in [0, 0.05) is 43.0 Å². The fourth-order valence-electron chi connectivity index (χ4n) is 3.67. The molecule has 0 radical (unpaired) electrons. The van der Waals surface area contributed by atoms with Crippen LogP contribution in [-0.4, -0.2) is 64.3 Å². The normalized spacial score (nSPS) is 14.3. The van der Waals surface area contributed by atoms with E-state index >= 15 is 0 Å². The number of benzene rings is 2. The van der Waals surface area contributed by atoms with Crippen LogP contribution < -0.4 is 9.64 Å². The molecule has 8 heteroatoms. The Balaban J connectivity index is 1.45. The molecule has 0 bridgehead atoms. The molecule has 0 aliphatic carbocycles. The Kier molecular flexibility index (Phi) is 5.65. The maximum atomic E-state index is 13.1. The summed E-state index contributed by atoms with van der Waals surface area (Å²) < 4.78 is 6.99. The van der Waals surface area contributed by atoms with Crippen LogP contribution in [0.15, 0.2) is 48.5 Å². The van der Waals surface area contributed by atoms with Crippen LogP contribution in [0.1, 0.15) is 30.2 Å². The third-order valence-electron chi connectivity index (χ3n) is 5.35. The van der Waals surface area contributed by atoms with E-state index in [1.54, 1.807) is 11.8 Å². The van der Waals surface area contributed by atoms with E-state index < -0.39 is 0 Å². The topological polar surface area (TPSA) is 76.4 Å². The number of rotatable bonds is 5. The molecule has 1 amide bonds. The first-order valence-electron chi connectivity index (χ1n) is 10.1. The van der Waals surface area contributed by atoms with Gasteiger partial charge in [-0.2, -0.15) is 0 Å². The molecule has 1 aromatic heterocycles. The SMILES string of the molecule is COc1ccc(N2CCN(C(=O)c3cccc(-c4nnnn4C(C)C)c3)CC2)cc1. The summed E-state index contributed by atoms with van der Waals surface area (Å²) in [6, 6.07) is 15.7. The monoisotopic (exact) mass is 406 g/mol. The Morgan fingerprint density at radius 3 is 2.43 bits per heavy atom. The molecular formula is C22H26N6O2. The van der Waals surface area contributed by atoms with Crippen molar-refractivity contribution in [3.8, 4) is 17.1 Å². The molecule has 0 atom stereocenters. The van der Waals surface area contributed by atoms with Gasteiger partial charge in [0.05, 0.1) is 13.2 Å². The Bertz CT molecular complexity index is 1010. The van der Waals surface area contributed by atoms with Gasteiger partial charge in [0.2, 0.25) is 0 Å². The molecule has 0 unspecified atom stereocenters. The minimum atomic E-state index is 0.0369. The van der Waals surface area contributed by atoms with Crippen LogP contribution >= 0.6 is 0 Å². The summed E-state index contributed by atoms with van der Waals surface area (Å²) in [7, 11) is 1.66. The fourth-order valence-corrected chi connectivity index (χ4v) is 3.67. The summed E-state index contributed by atoms with van der Waals surface area (Å²) in [5, 5.41) is 12.0. The largest absolute Gasteiger partial charge is 0.497 e. The minimum Gasteiger partial charge on any atom is -0.497 e. The highest BCUT2D eigenvalue weighted by molar-refractivity contribution is 5.95. The molecule has 1 aliphatic rings. The Hall–Kier alpha value is -3.42. The Morgan fingerprint density at radius 1 is 1.03 bits per heavy atom. The van der Waals surface area contributed by atoms with Gasteiger partial charge in [-0.25, -0.2) is 4.68 Å². The smallest absolute Gasteiger partial charge is 0.253 e. The lowest BCUT2D eigenvalue weighted by molar-refractivity contribution is 0.0747. The minimum absolute atomic E-state index is 0.0369. The number of anilines is 1. The van der Waals surface area contributed by atoms with Crippen LogP contribution in [0.5, 0.6) is 5.75 Å². The van der Waals surface area contributed by atoms with Gasteiger partial charge in [-0.3, -0.25) is 4.79 Å². The van der Waals surface area contributed by atoms with Crippen LogP contribution in [0.3, 0.4) is 0 Å². The number of ether oxygens (including phenoxy) is 1. The quantitative estimate of drug-likeness (QED) is 0.649. The van der Waals surface area contributed by atoms with E-state index in [0.717, 1.165) is 30.1 Å². The summed E-state index contributed by atoms with van der Waals surface area (Å²) in [6.07, 6.45) is 0. The van der Waals surface area contributed by atoms with Crippen LogP contribution in [0.2, 0.25) is 0 Å². The molecule has 1 fully saturated rings. The second-order valence-corrected chi connectivity index (χ2v) is 7.60. The Morgan fingerprint density at radius 2 is 1.77 bits per heavy atom. The summed E-state index contributed by atoms with van der Waals surface area (Å²) in [5.41, 5.74) is 2.64. The third-order valence-corrected chi connectivity index (χ3v) is 5.35. The number of hydrogen-bond acceptors (Lipinski definition) is 6. The van der Waals surface area contributed by atoms with Crippen LogP contribution in [0.25, 0.3) is 11.4 Å². The number of piperazine rings is 1. The molecule has 0 spiro atoms. The summed E-state index contributed by atoms with van der Waals surface area (Å²) in [6.45, 7) is 7.00. The predicted octanol–water partition coefficient (Wildman–Crippen LogP) is 2.89. The van der Waals surface area contributed by atoms with E-state index in [0.29, 0.717) is 24.5 Å². The van der Waals surface area contributed by atoms with Gasteiger partial charge < -0.3 is 14.5 Å². The molecule has 0 N–H and O–H groups in total. The van der Waals surface area contributed by atoms with E-state index in [2.05, 4.69) is 32.6 Å². The molecule has 2 aromatic carbocycles. The molecule has 30 heavy (non-hydrogen) atoms. The molecule has 3 aromatic rings. The van der Waals surface area contributed by atoms with Gasteiger partial charge in [0.25, 0.3) is 5.91 Å². The van der Waals surface area contributed by atoms with Gasteiger partial charge in [0.1, 0.15) is 5.75 Å². The molecule has 8 nitrogen and oxygen atoms in total. The van der Waals surface area contributed by atoms with E-state index in [-0.39, 0.29) is 11.9 Å². The molecule has 1 saturated heterocycles. The lowest BCUT2D eigenvalue weighted by Crippen LogP contribution is -2.48. The molecule has 4 rings (SSSR count). The number of tetrazole rings is 1. The number of carbonyl (C=O) groups is 1. The van der Waals surface area contributed by atoms with E-state index in [1.807, 2.05) is 55.1 Å². The van der Waals surface area contributed by atoms with Crippen molar-refractivity contribution in [2.24, 2.45) is 0 Å². The Labute approximate surface area is 176 Å². The van der Waals surface area contributed by atoms with Crippen molar-refractivity contribution in [2.75, 3.05) is 38.2 Å². The average molecular weight is 406 g/mol. The lowest BCUT2D eigenvalue weighted by Gasteiger charge is -2.36. The first-order valence-corrected chi connectivity index (χ1v) is 10.1. The summed E-state index contributed by atoms with van der Waals surface area (Å²) >= 11 is 0. The molecular weight excluding hydrogens is 380 g/mol. The van der Waals surface area contributed by atoms with Crippen molar-refractivity contribution in [2.45, 2.75) is 19.9 Å². The van der Waals surface area contributed by atoms with Crippen molar-refractivity contribution in [1.82, 2.24) is 25.1 Å². The molecule has 1 aliphatic heterocycles. The molecule has 0 saturated carbocycles. The summed E-state index contributed by atoms with van der Waals surface area (Å²) in [4.78, 5) is 17.3. The zero-order valence-electron chi connectivity index (χ0n) is 17.5. The van der Waals surface area contributed by atoms with Crippen LogP contribution in [0.4, 0.5) is 5.69 Å². The molecule has 2 heterocycles. The van der Waals surface area contributed by atoms with E-state index in [4.69, 9.17) is 4.74 Å². The maximum Gasteiger partial charge on any atom is 0.253 e. The second-order valence-electron chi connectivity index (χ2n) is 7.60. The van der Waals surface area contributed by atoms with Gasteiger partial charge in [-0.15, -0.1) is 5.10 Å². The van der Waals surface area contributed by atoms with E-state index in [1.165, 1.54) is 0 Å². The second kappa shape index (κ2) is 8.52. The highest BCUT2D eigenvalue weighted by Crippen LogP contribution is 2.23. The fraction of sp³-hybridized carbons (Fsp3) is 0.364. The zero-order valence-corrected chi connectivity index (χ0v) is 17.5. The number of amides is 1. The van der Waals surface area contributed by atoms with Gasteiger partial charge in [-0.05, 0) is 60.7 Å². The van der Waals surface area contributed by atoms with Crippen molar-refractivity contribution in [1.29, 1.82) is 0 Å². The maximum absolute atomic E-state index is 13.1.